The van der Waals surface area contributed by atoms with Gasteiger partial charge in [0.2, 0.25) is 5.91 Å². The summed E-state index contributed by atoms with van der Waals surface area (Å²) in [6, 6.07) is 2.25. The third kappa shape index (κ3) is 1.57. The van der Waals surface area contributed by atoms with Crippen LogP contribution in [0.3, 0.4) is 0 Å². The summed E-state index contributed by atoms with van der Waals surface area (Å²) in [5.41, 5.74) is 0. The van der Waals surface area contributed by atoms with Crippen LogP contribution >= 0.6 is 0 Å². The first-order valence-corrected chi connectivity index (χ1v) is 4.65. The number of hydrogen-bond donors (Lipinski definition) is 1. The van der Waals surface area contributed by atoms with Gasteiger partial charge in [0, 0.05) is 33.1 Å². The molecule has 0 radical (unpaired) electrons. The second-order valence-corrected chi connectivity index (χ2v) is 3.66. The van der Waals surface area contributed by atoms with Crippen molar-refractivity contribution in [2.75, 3.05) is 18.5 Å². The van der Waals surface area contributed by atoms with Gasteiger partial charge in [-0.25, -0.2) is 0 Å². The first kappa shape index (κ1) is 9.05. The highest BCUT2D eigenvalue weighted by atomic mass is 16.2. The molecule has 1 unspecified atom stereocenters. The monoisotopic (exact) mass is 194 g/mol. The van der Waals surface area contributed by atoms with E-state index in [2.05, 4.69) is 15.3 Å². The zero-order chi connectivity index (χ0) is 10.1. The first-order chi connectivity index (χ1) is 6.66. The van der Waals surface area contributed by atoms with Crippen LogP contribution in [-0.4, -0.2) is 35.3 Å². The van der Waals surface area contributed by atoms with Crippen molar-refractivity contribution in [2.45, 2.75) is 12.5 Å². The van der Waals surface area contributed by atoms with Gasteiger partial charge in [-0.2, -0.15) is 5.10 Å². The largest absolute Gasteiger partial charge is 0.358 e. The molecular weight excluding hydrogens is 180 g/mol. The number of carbonyl (C=O) groups is 1. The maximum absolute atomic E-state index is 10.7. The van der Waals surface area contributed by atoms with Crippen LogP contribution in [0.5, 0.6) is 0 Å². The lowest BCUT2D eigenvalue weighted by Gasteiger charge is -2.31. The molecule has 2 heterocycles. The normalized spacial score (nSPS) is 20.1. The number of carbonyl (C=O) groups excluding carboxylic acids is 1. The zero-order valence-electron chi connectivity index (χ0n) is 8.40. The van der Waals surface area contributed by atoms with Crippen molar-refractivity contribution in [1.29, 1.82) is 0 Å². The Balaban J connectivity index is 1.93. The maximum Gasteiger partial charge on any atom is 0.222 e. The second kappa shape index (κ2) is 3.32. The molecule has 1 N–H and O–H groups in total. The molecule has 1 saturated heterocycles. The van der Waals surface area contributed by atoms with E-state index < -0.39 is 0 Å². The minimum Gasteiger partial charge on any atom is -0.358 e. The quantitative estimate of drug-likeness (QED) is 0.675. The lowest BCUT2D eigenvalue weighted by molar-refractivity contribution is -0.127. The summed E-state index contributed by atoms with van der Waals surface area (Å²) in [6.45, 7) is 0.839. The molecule has 1 aromatic rings. The SMILES string of the molecule is CN(CC1CC(=O)N1)c1ccnn1C. The predicted octanol–water partition coefficient (Wildman–Crippen LogP) is -0.255. The highest BCUT2D eigenvalue weighted by Crippen LogP contribution is 2.13. The summed E-state index contributed by atoms with van der Waals surface area (Å²) in [5, 5.41) is 6.94. The Morgan fingerprint density at radius 1 is 1.79 bits per heavy atom. The summed E-state index contributed by atoms with van der Waals surface area (Å²) in [6.07, 6.45) is 2.41. The molecule has 2 rings (SSSR count). The van der Waals surface area contributed by atoms with E-state index in [1.807, 2.05) is 24.8 Å². The van der Waals surface area contributed by atoms with Crippen LogP contribution in [-0.2, 0) is 11.8 Å². The number of amides is 1. The van der Waals surface area contributed by atoms with E-state index in [1.54, 1.807) is 6.20 Å². The van der Waals surface area contributed by atoms with Gasteiger partial charge in [0.1, 0.15) is 5.82 Å². The minimum atomic E-state index is 0.147. The van der Waals surface area contributed by atoms with Crippen LogP contribution in [0.25, 0.3) is 0 Å². The molecule has 1 amide bonds. The molecule has 0 saturated carbocycles. The van der Waals surface area contributed by atoms with Gasteiger partial charge in [-0.05, 0) is 0 Å². The van der Waals surface area contributed by atoms with Crippen molar-refractivity contribution in [3.05, 3.63) is 12.3 Å². The number of aromatic nitrogens is 2. The number of β-lactam (4-membered cyclic amide) rings is 1. The van der Waals surface area contributed by atoms with Gasteiger partial charge in [-0.1, -0.05) is 0 Å². The fourth-order valence-corrected chi connectivity index (χ4v) is 1.71. The van der Waals surface area contributed by atoms with Crippen LogP contribution in [0.15, 0.2) is 12.3 Å². The molecule has 14 heavy (non-hydrogen) atoms. The zero-order valence-corrected chi connectivity index (χ0v) is 8.40. The average Bonchev–Trinajstić information content (AvgIpc) is 2.48. The van der Waals surface area contributed by atoms with E-state index in [4.69, 9.17) is 0 Å². The van der Waals surface area contributed by atoms with Gasteiger partial charge in [0.15, 0.2) is 0 Å². The van der Waals surface area contributed by atoms with E-state index in [1.165, 1.54) is 0 Å². The molecule has 1 aromatic heterocycles. The number of hydrogen-bond acceptors (Lipinski definition) is 3. The van der Waals surface area contributed by atoms with Crippen LogP contribution in [0.2, 0.25) is 0 Å². The van der Waals surface area contributed by atoms with E-state index >= 15 is 0 Å². The lowest BCUT2D eigenvalue weighted by Crippen LogP contribution is -2.53. The average molecular weight is 194 g/mol. The van der Waals surface area contributed by atoms with E-state index in [0.29, 0.717) is 12.5 Å². The Bertz CT molecular complexity index is 338. The number of nitrogens with zero attached hydrogens (tertiary/aromatic N) is 3. The van der Waals surface area contributed by atoms with Crippen molar-refractivity contribution < 1.29 is 4.79 Å². The Kier molecular flexibility index (Phi) is 2.15. The summed E-state index contributed by atoms with van der Waals surface area (Å²) in [4.78, 5) is 12.8. The number of anilines is 1. The van der Waals surface area contributed by atoms with Crippen molar-refractivity contribution in [2.24, 2.45) is 7.05 Å². The van der Waals surface area contributed by atoms with Crippen LogP contribution < -0.4 is 10.2 Å². The standard InChI is InChI=1S/C9H14N4O/c1-12(6-7-5-8(14)11-7)9-3-4-10-13(9)2/h3-4,7H,5-6H2,1-2H3,(H,11,14). The van der Waals surface area contributed by atoms with E-state index in [9.17, 15) is 4.79 Å². The van der Waals surface area contributed by atoms with Crippen molar-refractivity contribution >= 4 is 11.7 Å². The summed E-state index contributed by atoms with van der Waals surface area (Å²) < 4.78 is 1.82. The molecule has 1 atom stereocenters. The Morgan fingerprint density at radius 2 is 2.50 bits per heavy atom. The van der Waals surface area contributed by atoms with Gasteiger partial charge in [0.05, 0.1) is 12.2 Å². The van der Waals surface area contributed by atoms with Crippen LogP contribution in [0.4, 0.5) is 5.82 Å². The summed E-state index contributed by atoms with van der Waals surface area (Å²) in [7, 11) is 3.91. The van der Waals surface area contributed by atoms with Gasteiger partial charge in [0.25, 0.3) is 0 Å². The van der Waals surface area contributed by atoms with Crippen LogP contribution in [0, 0.1) is 0 Å². The maximum atomic E-state index is 10.7. The van der Waals surface area contributed by atoms with Crippen molar-refractivity contribution in [3.8, 4) is 0 Å². The van der Waals surface area contributed by atoms with Gasteiger partial charge < -0.3 is 10.2 Å². The lowest BCUT2D eigenvalue weighted by atomic mass is 10.1. The highest BCUT2D eigenvalue weighted by Gasteiger charge is 2.26. The number of nitrogens with one attached hydrogen (secondary N) is 1. The molecule has 0 aliphatic carbocycles. The van der Waals surface area contributed by atoms with Crippen LogP contribution in [0.1, 0.15) is 6.42 Å². The Labute approximate surface area is 82.7 Å². The molecule has 1 fully saturated rings. The molecule has 0 spiro atoms. The summed E-state index contributed by atoms with van der Waals surface area (Å²) in [5.74, 6) is 1.21. The molecular formula is C9H14N4O. The van der Waals surface area contributed by atoms with E-state index in [-0.39, 0.29) is 5.91 Å². The Hall–Kier alpha value is -1.52. The number of likely N-dealkylation sites (N-methyl/N-ethyl adjacent to an activating group) is 1. The third-order valence-corrected chi connectivity index (χ3v) is 2.48. The van der Waals surface area contributed by atoms with Gasteiger partial charge in [-0.3, -0.25) is 9.48 Å². The van der Waals surface area contributed by atoms with Gasteiger partial charge >= 0.3 is 0 Å². The van der Waals surface area contributed by atoms with Gasteiger partial charge in [-0.15, -0.1) is 0 Å². The molecule has 1 aliphatic rings. The predicted molar refractivity (Wildman–Crippen MR) is 53.0 cm³/mol. The topological polar surface area (TPSA) is 50.2 Å². The highest BCUT2D eigenvalue weighted by molar-refractivity contribution is 5.83. The molecule has 5 nitrogen and oxygen atoms in total. The molecule has 76 valence electrons. The first-order valence-electron chi connectivity index (χ1n) is 4.65. The number of rotatable bonds is 3. The van der Waals surface area contributed by atoms with Crippen molar-refractivity contribution in [3.63, 3.8) is 0 Å². The fourth-order valence-electron chi connectivity index (χ4n) is 1.71. The molecule has 0 bridgehead atoms. The second-order valence-electron chi connectivity index (χ2n) is 3.66. The third-order valence-electron chi connectivity index (χ3n) is 2.48. The van der Waals surface area contributed by atoms with E-state index in [0.717, 1.165) is 12.4 Å². The molecule has 1 aliphatic heterocycles. The minimum absolute atomic E-state index is 0.147. The summed E-state index contributed by atoms with van der Waals surface area (Å²) >= 11 is 0. The smallest absolute Gasteiger partial charge is 0.222 e. The number of aryl methyl sites for hydroxylation is 1. The van der Waals surface area contributed by atoms with Crippen molar-refractivity contribution in [1.82, 2.24) is 15.1 Å². The molecule has 5 heteroatoms. The molecule has 0 aromatic carbocycles. The Morgan fingerprint density at radius 3 is 3.00 bits per heavy atom. The fraction of sp³-hybridized carbons (Fsp3) is 0.556.